The summed E-state index contributed by atoms with van der Waals surface area (Å²) in [5, 5.41) is 8.67. The van der Waals surface area contributed by atoms with Gasteiger partial charge in [-0.3, -0.25) is 9.59 Å². The Bertz CT molecular complexity index is 792. The molecule has 116 valence electrons. The summed E-state index contributed by atoms with van der Waals surface area (Å²) in [5.41, 5.74) is 1.19. The number of carbonyl (C=O) groups is 2. The van der Waals surface area contributed by atoms with Crippen molar-refractivity contribution < 1.29 is 24.2 Å². The van der Waals surface area contributed by atoms with Crippen molar-refractivity contribution in [1.82, 2.24) is 0 Å². The third-order valence-corrected chi connectivity index (χ3v) is 3.35. The van der Waals surface area contributed by atoms with Crippen LogP contribution >= 0.6 is 0 Å². The zero-order valence-corrected chi connectivity index (χ0v) is 12.2. The fourth-order valence-electron chi connectivity index (χ4n) is 2.26. The minimum atomic E-state index is -0.925. The molecule has 0 aromatic heterocycles. The fraction of sp³-hybridized carbons (Fsp3) is 0.111. The molecule has 0 saturated heterocycles. The van der Waals surface area contributed by atoms with Gasteiger partial charge in [-0.2, -0.15) is 0 Å². The Labute approximate surface area is 132 Å². The molecule has 0 fully saturated rings. The van der Waals surface area contributed by atoms with Gasteiger partial charge in [0.25, 0.3) is 0 Å². The van der Waals surface area contributed by atoms with Gasteiger partial charge in [0, 0.05) is 5.56 Å². The number of para-hydroxylation sites is 2. The lowest BCUT2D eigenvalue weighted by Crippen LogP contribution is -2.05. The molecule has 0 spiro atoms. The summed E-state index contributed by atoms with van der Waals surface area (Å²) in [4.78, 5) is 22.9. The van der Waals surface area contributed by atoms with E-state index in [2.05, 4.69) is 0 Å². The van der Waals surface area contributed by atoms with Crippen molar-refractivity contribution in [2.45, 2.75) is 6.42 Å². The van der Waals surface area contributed by atoms with E-state index < -0.39 is 5.97 Å². The number of ether oxygens (including phenoxy) is 2. The highest BCUT2D eigenvalue weighted by molar-refractivity contribution is 6.14. The Morgan fingerprint density at radius 2 is 1.87 bits per heavy atom. The third kappa shape index (κ3) is 3.23. The van der Waals surface area contributed by atoms with Gasteiger partial charge in [0.05, 0.1) is 18.6 Å². The lowest BCUT2D eigenvalue weighted by Gasteiger charge is -2.08. The minimum absolute atomic E-state index is 0.0601. The molecular weight excluding hydrogens is 296 g/mol. The zero-order valence-electron chi connectivity index (χ0n) is 12.2. The van der Waals surface area contributed by atoms with E-state index in [-0.39, 0.29) is 24.6 Å². The summed E-state index contributed by atoms with van der Waals surface area (Å²) in [6.45, 7) is 0.0601. The van der Waals surface area contributed by atoms with Crippen molar-refractivity contribution >= 4 is 17.8 Å². The average Bonchev–Trinajstić information content (AvgIpc) is 2.85. The first-order valence-corrected chi connectivity index (χ1v) is 7.12. The van der Waals surface area contributed by atoms with Gasteiger partial charge in [-0.25, -0.2) is 0 Å². The highest BCUT2D eigenvalue weighted by atomic mass is 16.5. The Morgan fingerprint density at radius 3 is 2.65 bits per heavy atom. The average molecular weight is 310 g/mol. The number of hydrogen-bond acceptors (Lipinski definition) is 4. The Balaban J connectivity index is 1.83. The number of rotatable bonds is 5. The second-order valence-electron chi connectivity index (χ2n) is 4.97. The topological polar surface area (TPSA) is 72.8 Å². The molecular formula is C18H14O5. The molecule has 1 aliphatic heterocycles. The van der Waals surface area contributed by atoms with E-state index >= 15 is 0 Å². The number of aliphatic carboxylic acids is 1. The molecule has 1 aliphatic rings. The molecule has 0 amide bonds. The number of fused-ring (bicyclic) bond motifs is 1. The first kappa shape index (κ1) is 14.8. The van der Waals surface area contributed by atoms with Crippen molar-refractivity contribution in [1.29, 1.82) is 0 Å². The molecule has 2 aromatic rings. The molecule has 0 saturated carbocycles. The van der Waals surface area contributed by atoms with Crippen molar-refractivity contribution in [2.75, 3.05) is 6.61 Å². The van der Waals surface area contributed by atoms with Gasteiger partial charge in [-0.1, -0.05) is 30.3 Å². The Morgan fingerprint density at radius 1 is 1.13 bits per heavy atom. The molecule has 0 bridgehead atoms. The van der Waals surface area contributed by atoms with Crippen molar-refractivity contribution in [3.05, 3.63) is 65.4 Å². The number of ketones is 1. The molecule has 0 atom stereocenters. The van der Waals surface area contributed by atoms with Crippen LogP contribution in [-0.2, 0) is 4.79 Å². The molecule has 2 aromatic carbocycles. The predicted octanol–water partition coefficient (Wildman–Crippen LogP) is 3.16. The zero-order chi connectivity index (χ0) is 16.2. The molecule has 0 unspecified atom stereocenters. The second kappa shape index (κ2) is 6.36. The second-order valence-corrected chi connectivity index (χ2v) is 4.97. The van der Waals surface area contributed by atoms with E-state index in [0.29, 0.717) is 22.6 Å². The highest BCUT2D eigenvalue weighted by Crippen LogP contribution is 2.32. The van der Waals surface area contributed by atoms with E-state index in [0.717, 1.165) is 0 Å². The molecule has 0 aliphatic carbocycles. The maximum atomic E-state index is 12.3. The van der Waals surface area contributed by atoms with Crippen LogP contribution in [0.3, 0.4) is 0 Å². The number of allylic oxidation sites excluding steroid dienone is 1. The maximum absolute atomic E-state index is 12.3. The van der Waals surface area contributed by atoms with Crippen molar-refractivity contribution in [3.8, 4) is 11.5 Å². The lowest BCUT2D eigenvalue weighted by atomic mass is 10.1. The fourth-order valence-corrected chi connectivity index (χ4v) is 2.26. The van der Waals surface area contributed by atoms with Gasteiger partial charge < -0.3 is 14.6 Å². The van der Waals surface area contributed by atoms with Crippen LogP contribution in [0.2, 0.25) is 0 Å². The van der Waals surface area contributed by atoms with Crippen molar-refractivity contribution in [2.24, 2.45) is 0 Å². The van der Waals surface area contributed by atoms with Crippen LogP contribution in [0.4, 0.5) is 0 Å². The van der Waals surface area contributed by atoms with Crippen LogP contribution in [0.5, 0.6) is 11.5 Å². The van der Waals surface area contributed by atoms with Gasteiger partial charge >= 0.3 is 5.97 Å². The Kier molecular flexibility index (Phi) is 4.10. The molecule has 1 heterocycles. The SMILES string of the molecule is O=C(O)CCOc1ccccc1/C=C1/Oc2ccccc2C1=O. The van der Waals surface area contributed by atoms with Crippen LogP contribution in [0.25, 0.3) is 6.08 Å². The standard InChI is InChI=1S/C18H14O5/c19-17(20)9-10-22-14-7-3-1-5-12(14)11-16-18(21)13-6-2-4-8-15(13)23-16/h1-8,11H,9-10H2,(H,19,20)/b16-11+. The normalized spacial score (nSPS) is 14.4. The van der Waals surface area contributed by atoms with Gasteiger partial charge in [-0.15, -0.1) is 0 Å². The smallest absolute Gasteiger partial charge is 0.306 e. The summed E-state index contributed by atoms with van der Waals surface area (Å²) >= 11 is 0. The summed E-state index contributed by atoms with van der Waals surface area (Å²) < 4.78 is 11.1. The quantitative estimate of drug-likeness (QED) is 0.859. The van der Waals surface area contributed by atoms with Crippen LogP contribution in [0.1, 0.15) is 22.3 Å². The number of carbonyl (C=O) groups excluding carboxylic acids is 1. The van der Waals surface area contributed by atoms with Gasteiger partial charge in [0.2, 0.25) is 5.78 Å². The minimum Gasteiger partial charge on any atom is -0.492 e. The van der Waals surface area contributed by atoms with E-state index in [9.17, 15) is 9.59 Å². The number of Topliss-reactive ketones (excluding diaryl/α,β-unsaturated/α-hetero) is 1. The number of hydrogen-bond donors (Lipinski definition) is 1. The highest BCUT2D eigenvalue weighted by Gasteiger charge is 2.26. The first-order valence-electron chi connectivity index (χ1n) is 7.12. The molecule has 0 radical (unpaired) electrons. The van der Waals surface area contributed by atoms with E-state index in [1.807, 2.05) is 6.07 Å². The monoisotopic (exact) mass is 310 g/mol. The van der Waals surface area contributed by atoms with E-state index in [1.54, 1.807) is 48.5 Å². The largest absolute Gasteiger partial charge is 0.492 e. The molecule has 5 heteroatoms. The van der Waals surface area contributed by atoms with Crippen LogP contribution in [-0.4, -0.2) is 23.5 Å². The van der Waals surface area contributed by atoms with Crippen LogP contribution in [0.15, 0.2) is 54.3 Å². The van der Waals surface area contributed by atoms with Crippen LogP contribution in [0, 0.1) is 0 Å². The van der Waals surface area contributed by atoms with Gasteiger partial charge in [-0.05, 0) is 24.3 Å². The molecule has 3 rings (SSSR count). The van der Waals surface area contributed by atoms with Crippen molar-refractivity contribution in [3.63, 3.8) is 0 Å². The summed E-state index contributed by atoms with van der Waals surface area (Å²) in [5.74, 6) is 0.161. The Hall–Kier alpha value is -3.08. The number of carboxylic acids is 1. The number of carboxylic acid groups (broad SMARTS) is 1. The van der Waals surface area contributed by atoms with E-state index in [4.69, 9.17) is 14.6 Å². The van der Waals surface area contributed by atoms with E-state index in [1.165, 1.54) is 0 Å². The lowest BCUT2D eigenvalue weighted by molar-refractivity contribution is -0.137. The molecule has 23 heavy (non-hydrogen) atoms. The van der Waals surface area contributed by atoms with Gasteiger partial charge in [0.1, 0.15) is 11.5 Å². The maximum Gasteiger partial charge on any atom is 0.306 e. The summed E-state index contributed by atoms with van der Waals surface area (Å²) in [7, 11) is 0. The van der Waals surface area contributed by atoms with Gasteiger partial charge in [0.15, 0.2) is 5.76 Å². The third-order valence-electron chi connectivity index (χ3n) is 3.35. The predicted molar refractivity (Wildman–Crippen MR) is 83.6 cm³/mol. The first-order chi connectivity index (χ1) is 11.1. The summed E-state index contributed by atoms with van der Waals surface area (Å²) in [6, 6.07) is 14.1. The number of benzene rings is 2. The summed E-state index contributed by atoms with van der Waals surface area (Å²) in [6.07, 6.45) is 1.52. The van der Waals surface area contributed by atoms with Crippen LogP contribution < -0.4 is 9.47 Å². The molecule has 1 N–H and O–H groups in total. The molecule has 5 nitrogen and oxygen atoms in total.